The van der Waals surface area contributed by atoms with Gasteiger partial charge in [-0.15, -0.1) is 0 Å². The number of anilines is 2. The van der Waals surface area contributed by atoms with Gasteiger partial charge in [-0.3, -0.25) is 10.1 Å². The number of hydrogen-bond donors (Lipinski definition) is 3. The third-order valence-corrected chi connectivity index (χ3v) is 5.58. The zero-order valence-corrected chi connectivity index (χ0v) is 18.2. The summed E-state index contributed by atoms with van der Waals surface area (Å²) < 4.78 is 10.5. The molecule has 1 aromatic heterocycles. The normalized spacial score (nSPS) is 15.3. The maximum Gasteiger partial charge on any atom is 0.362 e. The van der Waals surface area contributed by atoms with Gasteiger partial charge in [0.1, 0.15) is 5.58 Å². The first kappa shape index (κ1) is 22.7. The quantitative estimate of drug-likeness (QED) is 0.424. The summed E-state index contributed by atoms with van der Waals surface area (Å²) in [4.78, 5) is 37.8. The Hall–Kier alpha value is -3.03. The molecule has 3 N–H and O–H groups in total. The molecule has 8 nitrogen and oxygen atoms in total. The van der Waals surface area contributed by atoms with E-state index in [0.717, 1.165) is 25.7 Å². The summed E-state index contributed by atoms with van der Waals surface area (Å²) in [6.07, 6.45) is 5.23. The molecule has 0 spiro atoms. The second kappa shape index (κ2) is 10.3. The summed E-state index contributed by atoms with van der Waals surface area (Å²) in [7, 11) is 0. The van der Waals surface area contributed by atoms with Crippen molar-refractivity contribution in [3.05, 3.63) is 34.7 Å². The number of nitrogens with one attached hydrogen (secondary N) is 3. The topological polar surface area (TPSA) is 110 Å². The standard InChI is InChI=1S/C23H31N3O5/c1-3-14-24-19-16-10-6-7-11-17(16)31-21(28)20(19)25-22(29)26-23(12-8-5-9-13-23)15-18(27)30-4-2/h6-7,10-11,24H,3-5,8-9,12-15H2,1-2H3,(H2,25,26,29). The molecule has 0 radical (unpaired) electrons. The highest BCUT2D eigenvalue weighted by Gasteiger charge is 2.36. The van der Waals surface area contributed by atoms with Crippen LogP contribution in [-0.2, 0) is 9.53 Å². The molecule has 0 atom stereocenters. The SMILES string of the molecule is CCCNc1c(NC(=O)NC2(CC(=O)OCC)CCCCC2)c(=O)oc2ccccc12. The van der Waals surface area contributed by atoms with E-state index in [0.29, 0.717) is 42.6 Å². The molecule has 2 amide bonds. The summed E-state index contributed by atoms with van der Waals surface area (Å²) in [5, 5.41) is 9.61. The molecule has 1 saturated carbocycles. The fraction of sp³-hybridized carbons (Fsp3) is 0.522. The Bertz CT molecular complexity index is 979. The molecule has 2 aromatic rings. The van der Waals surface area contributed by atoms with Crippen LogP contribution in [0.1, 0.15) is 58.8 Å². The van der Waals surface area contributed by atoms with Gasteiger partial charge in [0.2, 0.25) is 0 Å². The van der Waals surface area contributed by atoms with Crippen LogP contribution in [0, 0.1) is 0 Å². The van der Waals surface area contributed by atoms with E-state index in [1.165, 1.54) is 0 Å². The van der Waals surface area contributed by atoms with E-state index in [9.17, 15) is 14.4 Å². The molecule has 3 rings (SSSR count). The van der Waals surface area contributed by atoms with Crippen molar-refractivity contribution >= 4 is 34.3 Å². The van der Waals surface area contributed by atoms with Crippen molar-refractivity contribution in [3.63, 3.8) is 0 Å². The molecule has 0 unspecified atom stereocenters. The first-order valence-corrected chi connectivity index (χ1v) is 11.0. The molecule has 0 bridgehead atoms. The third-order valence-electron chi connectivity index (χ3n) is 5.58. The van der Waals surface area contributed by atoms with Crippen LogP contribution in [-0.4, -0.2) is 30.7 Å². The molecule has 0 saturated heterocycles. The first-order chi connectivity index (χ1) is 15.0. The number of hydrogen-bond acceptors (Lipinski definition) is 6. The number of esters is 1. The molecule has 1 heterocycles. The zero-order valence-electron chi connectivity index (χ0n) is 18.2. The highest BCUT2D eigenvalue weighted by atomic mass is 16.5. The zero-order chi connectivity index (χ0) is 22.3. The molecule has 1 fully saturated rings. The van der Waals surface area contributed by atoms with Gasteiger partial charge in [0.15, 0.2) is 5.69 Å². The Morgan fingerprint density at radius 2 is 1.84 bits per heavy atom. The molecular formula is C23H31N3O5. The number of para-hydroxylation sites is 1. The number of ether oxygens (including phenoxy) is 1. The van der Waals surface area contributed by atoms with Gasteiger partial charge < -0.3 is 19.8 Å². The Morgan fingerprint density at radius 3 is 2.55 bits per heavy atom. The van der Waals surface area contributed by atoms with Crippen LogP contribution < -0.4 is 21.6 Å². The van der Waals surface area contributed by atoms with E-state index < -0.39 is 17.2 Å². The fourth-order valence-corrected chi connectivity index (χ4v) is 4.15. The largest absolute Gasteiger partial charge is 0.466 e. The van der Waals surface area contributed by atoms with Gasteiger partial charge in [-0.05, 0) is 38.3 Å². The van der Waals surface area contributed by atoms with Crippen molar-refractivity contribution in [1.82, 2.24) is 5.32 Å². The van der Waals surface area contributed by atoms with E-state index in [-0.39, 0.29) is 18.1 Å². The lowest BCUT2D eigenvalue weighted by Gasteiger charge is -2.37. The maximum atomic E-state index is 13.0. The van der Waals surface area contributed by atoms with Gasteiger partial charge in [-0.25, -0.2) is 9.59 Å². The van der Waals surface area contributed by atoms with Crippen molar-refractivity contribution in [1.29, 1.82) is 0 Å². The number of carbonyl (C=O) groups is 2. The summed E-state index contributed by atoms with van der Waals surface area (Å²) in [6, 6.07) is 6.65. The summed E-state index contributed by atoms with van der Waals surface area (Å²) in [6.45, 7) is 4.71. The molecule has 0 aliphatic heterocycles. The van der Waals surface area contributed by atoms with Gasteiger partial charge in [0.05, 0.1) is 24.3 Å². The van der Waals surface area contributed by atoms with Gasteiger partial charge in [-0.1, -0.05) is 38.3 Å². The van der Waals surface area contributed by atoms with Gasteiger partial charge in [-0.2, -0.15) is 0 Å². The van der Waals surface area contributed by atoms with E-state index in [1.807, 2.05) is 19.1 Å². The van der Waals surface area contributed by atoms with Crippen LogP contribution in [0.25, 0.3) is 11.0 Å². The van der Waals surface area contributed by atoms with Crippen molar-refractivity contribution in [2.75, 3.05) is 23.8 Å². The van der Waals surface area contributed by atoms with Crippen molar-refractivity contribution in [3.8, 4) is 0 Å². The average Bonchev–Trinajstić information content (AvgIpc) is 2.74. The smallest absolute Gasteiger partial charge is 0.362 e. The number of urea groups is 1. The van der Waals surface area contributed by atoms with Crippen LogP contribution in [0.4, 0.5) is 16.2 Å². The second-order valence-corrected chi connectivity index (χ2v) is 7.96. The summed E-state index contributed by atoms with van der Waals surface area (Å²) in [5.74, 6) is -0.333. The Labute approximate surface area is 181 Å². The van der Waals surface area contributed by atoms with E-state index in [1.54, 1.807) is 19.1 Å². The lowest BCUT2D eigenvalue weighted by atomic mass is 9.79. The molecule has 168 valence electrons. The minimum atomic E-state index is -0.678. The second-order valence-electron chi connectivity index (χ2n) is 7.96. The number of rotatable bonds is 8. The predicted molar refractivity (Wildman–Crippen MR) is 120 cm³/mol. The Balaban J connectivity index is 1.86. The van der Waals surface area contributed by atoms with Gasteiger partial charge in [0, 0.05) is 11.9 Å². The highest BCUT2D eigenvalue weighted by molar-refractivity contribution is 6.01. The summed E-state index contributed by atoms with van der Waals surface area (Å²) >= 11 is 0. The summed E-state index contributed by atoms with van der Waals surface area (Å²) in [5.41, 5.74) is -0.264. The average molecular weight is 430 g/mol. The molecule has 1 aliphatic rings. The van der Waals surface area contributed by atoms with Crippen LogP contribution in [0.5, 0.6) is 0 Å². The van der Waals surface area contributed by atoms with E-state index in [4.69, 9.17) is 9.15 Å². The molecule has 1 aliphatic carbocycles. The molecular weight excluding hydrogens is 398 g/mol. The lowest BCUT2D eigenvalue weighted by Crippen LogP contribution is -2.53. The van der Waals surface area contributed by atoms with Gasteiger partial charge >= 0.3 is 17.6 Å². The van der Waals surface area contributed by atoms with E-state index >= 15 is 0 Å². The lowest BCUT2D eigenvalue weighted by molar-refractivity contribution is -0.145. The maximum absolute atomic E-state index is 13.0. The Morgan fingerprint density at radius 1 is 1.10 bits per heavy atom. The van der Waals surface area contributed by atoms with Crippen molar-refractivity contribution < 1.29 is 18.7 Å². The highest BCUT2D eigenvalue weighted by Crippen LogP contribution is 2.32. The minimum absolute atomic E-state index is 0.0618. The molecule has 8 heteroatoms. The predicted octanol–water partition coefficient (Wildman–Crippen LogP) is 4.39. The monoisotopic (exact) mass is 429 g/mol. The van der Waals surface area contributed by atoms with Crippen LogP contribution in [0.15, 0.2) is 33.5 Å². The fourth-order valence-electron chi connectivity index (χ4n) is 4.15. The first-order valence-electron chi connectivity index (χ1n) is 11.0. The molecule has 1 aromatic carbocycles. The van der Waals surface area contributed by atoms with Crippen LogP contribution >= 0.6 is 0 Å². The number of benzene rings is 1. The number of amides is 2. The van der Waals surface area contributed by atoms with Crippen LogP contribution in [0.3, 0.4) is 0 Å². The van der Waals surface area contributed by atoms with Gasteiger partial charge in [0.25, 0.3) is 0 Å². The third kappa shape index (κ3) is 5.57. The molecule has 31 heavy (non-hydrogen) atoms. The number of fused-ring (bicyclic) bond motifs is 1. The van der Waals surface area contributed by atoms with Crippen molar-refractivity contribution in [2.24, 2.45) is 0 Å². The Kier molecular flexibility index (Phi) is 7.55. The van der Waals surface area contributed by atoms with E-state index in [2.05, 4.69) is 16.0 Å². The van der Waals surface area contributed by atoms with Crippen LogP contribution in [0.2, 0.25) is 0 Å². The minimum Gasteiger partial charge on any atom is -0.466 e. The van der Waals surface area contributed by atoms with Crippen molar-refractivity contribution in [2.45, 2.75) is 64.3 Å². The number of carbonyl (C=O) groups excluding carboxylic acids is 2.